The number of nitrogens with zero attached hydrogens (tertiary/aromatic N) is 2. The van der Waals surface area contributed by atoms with Crippen molar-refractivity contribution in [3.8, 4) is 5.88 Å². The Morgan fingerprint density at radius 2 is 1.70 bits per heavy atom. The van der Waals surface area contributed by atoms with Gasteiger partial charge in [-0.1, -0.05) is 34.8 Å². The molecule has 0 aliphatic rings. The normalized spacial score (nSPS) is 11.2. The minimum atomic E-state index is -0.689. The predicted octanol–water partition coefficient (Wildman–Crippen LogP) is 4.51. The molecule has 0 atom stereocenters. The number of azo groups is 1. The summed E-state index contributed by atoms with van der Waals surface area (Å²) in [5, 5.41) is 17.6. The third kappa shape index (κ3) is 3.18. The summed E-state index contributed by atoms with van der Waals surface area (Å²) in [5.41, 5.74) is -0.825. The molecule has 20 heavy (non-hydrogen) atoms. The molecule has 0 radical (unpaired) electrons. The standard InChI is InChI=1S/C10H5Cl3N4O2S/c11-3-1-5(13)6(2-4(3)12)16-17-7-8(18)14-10(20)15-9(7)19/h1-2H,(H3,14,15,18,19,20). The zero-order valence-electron chi connectivity index (χ0n) is 9.45. The van der Waals surface area contributed by atoms with E-state index in [0.717, 1.165) is 0 Å². The lowest BCUT2D eigenvalue weighted by molar-refractivity contribution is 0.451. The van der Waals surface area contributed by atoms with E-state index in [1.54, 1.807) is 0 Å². The van der Waals surface area contributed by atoms with Crippen LogP contribution in [0.15, 0.2) is 27.2 Å². The number of aromatic amines is 2. The Labute approximate surface area is 132 Å². The van der Waals surface area contributed by atoms with Gasteiger partial charge in [-0.3, -0.25) is 9.78 Å². The summed E-state index contributed by atoms with van der Waals surface area (Å²) in [6, 6.07) is 2.77. The second-order valence-electron chi connectivity index (χ2n) is 3.52. The minimum Gasteiger partial charge on any atom is -0.493 e. The van der Waals surface area contributed by atoms with Crippen molar-refractivity contribution in [1.29, 1.82) is 0 Å². The van der Waals surface area contributed by atoms with E-state index >= 15 is 0 Å². The molecule has 10 heteroatoms. The molecule has 3 N–H and O–H groups in total. The maximum absolute atomic E-state index is 11.6. The van der Waals surface area contributed by atoms with Crippen molar-refractivity contribution < 1.29 is 5.11 Å². The molecule has 0 saturated carbocycles. The first kappa shape index (κ1) is 15.0. The Morgan fingerprint density at radius 1 is 1.05 bits per heavy atom. The fraction of sp³-hybridized carbons (Fsp3) is 0. The molecule has 6 nitrogen and oxygen atoms in total. The van der Waals surface area contributed by atoms with Gasteiger partial charge in [0.15, 0.2) is 4.77 Å². The van der Waals surface area contributed by atoms with E-state index in [9.17, 15) is 9.90 Å². The fourth-order valence-electron chi connectivity index (χ4n) is 1.25. The summed E-state index contributed by atoms with van der Waals surface area (Å²) in [5.74, 6) is -0.501. The van der Waals surface area contributed by atoms with Gasteiger partial charge in [0.2, 0.25) is 11.6 Å². The van der Waals surface area contributed by atoms with E-state index in [-0.39, 0.29) is 31.2 Å². The Balaban J connectivity index is 2.48. The summed E-state index contributed by atoms with van der Waals surface area (Å²) >= 11 is 22.2. The molecule has 0 aliphatic heterocycles. The number of benzene rings is 1. The molecule has 2 aromatic rings. The van der Waals surface area contributed by atoms with Gasteiger partial charge in [-0.15, -0.1) is 10.2 Å². The van der Waals surface area contributed by atoms with E-state index in [4.69, 9.17) is 34.8 Å². The molecular weight excluding hydrogens is 347 g/mol. The molecule has 1 aromatic carbocycles. The highest BCUT2D eigenvalue weighted by atomic mass is 35.5. The average Bonchev–Trinajstić information content (AvgIpc) is 2.33. The molecule has 0 aliphatic carbocycles. The van der Waals surface area contributed by atoms with Crippen LogP contribution in [0.2, 0.25) is 15.1 Å². The lowest BCUT2D eigenvalue weighted by atomic mass is 10.3. The van der Waals surface area contributed by atoms with Crippen LogP contribution in [0.1, 0.15) is 0 Å². The van der Waals surface area contributed by atoms with E-state index < -0.39 is 11.4 Å². The Bertz CT molecular complexity index is 815. The van der Waals surface area contributed by atoms with Crippen LogP contribution in [0.5, 0.6) is 5.88 Å². The number of hydrogen-bond donors (Lipinski definition) is 3. The fourth-order valence-corrected chi connectivity index (χ4v) is 2.02. The first-order valence-corrected chi connectivity index (χ1v) is 6.54. The van der Waals surface area contributed by atoms with Gasteiger partial charge in [0.1, 0.15) is 5.69 Å². The number of nitrogens with one attached hydrogen (secondary N) is 2. The third-order valence-corrected chi connectivity index (χ3v) is 3.37. The number of halogens is 3. The molecule has 0 unspecified atom stereocenters. The lowest BCUT2D eigenvalue weighted by Crippen LogP contribution is -2.06. The molecule has 1 heterocycles. The van der Waals surface area contributed by atoms with Crippen molar-refractivity contribution in [3.63, 3.8) is 0 Å². The first-order chi connectivity index (χ1) is 9.38. The topological polar surface area (TPSA) is 93.6 Å². The van der Waals surface area contributed by atoms with Crippen LogP contribution in [-0.2, 0) is 0 Å². The number of hydrogen-bond acceptors (Lipinski definition) is 5. The van der Waals surface area contributed by atoms with Gasteiger partial charge in [0.25, 0.3) is 5.56 Å². The highest BCUT2D eigenvalue weighted by Crippen LogP contribution is 2.35. The monoisotopic (exact) mass is 350 g/mol. The van der Waals surface area contributed by atoms with Gasteiger partial charge in [0, 0.05) is 0 Å². The molecule has 0 spiro atoms. The van der Waals surface area contributed by atoms with E-state index in [1.165, 1.54) is 12.1 Å². The number of rotatable bonds is 2. The number of aromatic hydroxyl groups is 1. The predicted molar refractivity (Wildman–Crippen MR) is 79.6 cm³/mol. The van der Waals surface area contributed by atoms with Gasteiger partial charge in [0.05, 0.1) is 15.1 Å². The van der Waals surface area contributed by atoms with Crippen molar-refractivity contribution in [2.45, 2.75) is 0 Å². The van der Waals surface area contributed by atoms with Gasteiger partial charge >= 0.3 is 0 Å². The van der Waals surface area contributed by atoms with Crippen molar-refractivity contribution in [1.82, 2.24) is 9.97 Å². The zero-order valence-corrected chi connectivity index (χ0v) is 12.5. The summed E-state index contributed by atoms with van der Waals surface area (Å²) in [7, 11) is 0. The van der Waals surface area contributed by atoms with Crippen molar-refractivity contribution in [2.24, 2.45) is 10.2 Å². The second kappa shape index (κ2) is 5.92. The summed E-state index contributed by atoms with van der Waals surface area (Å²) in [6.45, 7) is 0. The SMILES string of the molecule is O=c1[nH]c(=S)[nH]c(O)c1N=Nc1cc(Cl)c(Cl)cc1Cl. The minimum absolute atomic E-state index is 0.0287. The molecule has 2 rings (SSSR count). The van der Waals surface area contributed by atoms with Crippen molar-refractivity contribution in [2.75, 3.05) is 0 Å². The maximum atomic E-state index is 11.6. The maximum Gasteiger partial charge on any atom is 0.283 e. The Hall–Kier alpha value is -1.41. The molecule has 0 amide bonds. The van der Waals surface area contributed by atoms with E-state index in [1.807, 2.05) is 0 Å². The highest BCUT2D eigenvalue weighted by molar-refractivity contribution is 7.71. The van der Waals surface area contributed by atoms with Crippen molar-refractivity contribution >= 4 is 58.4 Å². The van der Waals surface area contributed by atoms with Crippen LogP contribution in [-0.4, -0.2) is 15.1 Å². The summed E-state index contributed by atoms with van der Waals surface area (Å²) in [4.78, 5) is 16.1. The Morgan fingerprint density at radius 3 is 2.35 bits per heavy atom. The second-order valence-corrected chi connectivity index (χ2v) is 5.15. The summed E-state index contributed by atoms with van der Waals surface area (Å²) < 4.78 is -0.0287. The van der Waals surface area contributed by atoms with Crippen LogP contribution < -0.4 is 5.56 Å². The van der Waals surface area contributed by atoms with Gasteiger partial charge in [-0.05, 0) is 24.4 Å². The van der Waals surface area contributed by atoms with Crippen LogP contribution in [0.4, 0.5) is 11.4 Å². The largest absolute Gasteiger partial charge is 0.493 e. The van der Waals surface area contributed by atoms with Gasteiger partial charge in [-0.2, -0.15) is 0 Å². The summed E-state index contributed by atoms with van der Waals surface area (Å²) in [6.07, 6.45) is 0. The smallest absolute Gasteiger partial charge is 0.283 e. The van der Waals surface area contributed by atoms with E-state index in [2.05, 4.69) is 32.4 Å². The first-order valence-electron chi connectivity index (χ1n) is 5.00. The van der Waals surface area contributed by atoms with Gasteiger partial charge in [-0.25, -0.2) is 0 Å². The molecule has 104 valence electrons. The molecule has 0 saturated heterocycles. The van der Waals surface area contributed by atoms with Crippen molar-refractivity contribution in [3.05, 3.63) is 42.3 Å². The van der Waals surface area contributed by atoms with Gasteiger partial charge < -0.3 is 10.1 Å². The molecule has 0 fully saturated rings. The van der Waals surface area contributed by atoms with E-state index in [0.29, 0.717) is 0 Å². The molecule has 1 aromatic heterocycles. The van der Waals surface area contributed by atoms with Crippen LogP contribution >= 0.6 is 47.0 Å². The van der Waals surface area contributed by atoms with Crippen LogP contribution in [0, 0.1) is 4.77 Å². The lowest BCUT2D eigenvalue weighted by Gasteiger charge is -2.00. The number of aromatic nitrogens is 2. The zero-order chi connectivity index (χ0) is 14.9. The Kier molecular flexibility index (Phi) is 4.44. The number of H-pyrrole nitrogens is 2. The quantitative estimate of drug-likeness (QED) is 0.422. The highest BCUT2D eigenvalue weighted by Gasteiger charge is 2.08. The third-order valence-electron chi connectivity index (χ3n) is 2.15. The van der Waals surface area contributed by atoms with Crippen LogP contribution in [0.25, 0.3) is 0 Å². The molecule has 0 bridgehead atoms. The van der Waals surface area contributed by atoms with Crippen LogP contribution in [0.3, 0.4) is 0 Å². The average molecular weight is 352 g/mol. The molecular formula is C10H5Cl3N4O2S.